The molecule has 0 bridgehead atoms. The Kier molecular flexibility index (Phi) is 5.41. The lowest BCUT2D eigenvalue weighted by atomic mass is 10.2. The first-order valence-electron chi connectivity index (χ1n) is 6.10. The van der Waals surface area contributed by atoms with Gasteiger partial charge in [0.1, 0.15) is 0 Å². The maximum absolute atomic E-state index is 12.6. The standard InChI is InChI=1S/C12H17F3N2O2S/c1-2-9(16)7-8-17-10-5-3-4-6-11(10)20(18,19)12(13,14)15/h3-6,9,17H,2,7-8,16H2,1H3. The quantitative estimate of drug-likeness (QED) is 0.847. The summed E-state index contributed by atoms with van der Waals surface area (Å²) in [6.07, 6.45) is 1.28. The Bertz CT molecular complexity index is 544. The number of benzene rings is 1. The van der Waals surface area contributed by atoms with Gasteiger partial charge < -0.3 is 11.1 Å². The van der Waals surface area contributed by atoms with Crippen molar-refractivity contribution in [2.24, 2.45) is 5.73 Å². The van der Waals surface area contributed by atoms with E-state index < -0.39 is 20.2 Å². The van der Waals surface area contributed by atoms with Gasteiger partial charge >= 0.3 is 5.51 Å². The molecular formula is C12H17F3N2O2S. The number of nitrogens with one attached hydrogen (secondary N) is 1. The van der Waals surface area contributed by atoms with E-state index in [1.54, 1.807) is 0 Å². The smallest absolute Gasteiger partial charge is 0.384 e. The van der Waals surface area contributed by atoms with Crippen LogP contribution in [-0.4, -0.2) is 26.5 Å². The second-order valence-electron chi connectivity index (χ2n) is 4.33. The maximum Gasteiger partial charge on any atom is 0.501 e. The Morgan fingerprint density at radius 2 is 1.90 bits per heavy atom. The molecule has 0 amide bonds. The first-order chi connectivity index (χ1) is 9.20. The molecule has 0 aromatic heterocycles. The van der Waals surface area contributed by atoms with Crippen molar-refractivity contribution in [2.45, 2.75) is 36.2 Å². The molecule has 0 radical (unpaired) electrons. The average molecular weight is 310 g/mol. The zero-order valence-electron chi connectivity index (χ0n) is 10.9. The fourth-order valence-corrected chi connectivity index (χ4v) is 2.50. The zero-order chi connectivity index (χ0) is 15.4. The highest BCUT2D eigenvalue weighted by Gasteiger charge is 2.47. The summed E-state index contributed by atoms with van der Waals surface area (Å²) in [4.78, 5) is -0.766. The molecule has 1 aromatic carbocycles. The molecule has 0 saturated carbocycles. The van der Waals surface area contributed by atoms with E-state index in [-0.39, 0.29) is 11.7 Å². The summed E-state index contributed by atoms with van der Waals surface area (Å²) in [5.74, 6) is 0. The highest BCUT2D eigenvalue weighted by Crippen LogP contribution is 2.34. The van der Waals surface area contributed by atoms with Crippen LogP contribution in [0, 0.1) is 0 Å². The molecular weight excluding hydrogens is 293 g/mol. The lowest BCUT2D eigenvalue weighted by Crippen LogP contribution is -2.25. The van der Waals surface area contributed by atoms with Gasteiger partial charge in [0.2, 0.25) is 0 Å². The Morgan fingerprint density at radius 3 is 2.45 bits per heavy atom. The Morgan fingerprint density at radius 1 is 1.30 bits per heavy atom. The number of nitrogens with two attached hydrogens (primary N) is 1. The van der Waals surface area contributed by atoms with E-state index in [1.165, 1.54) is 18.2 Å². The van der Waals surface area contributed by atoms with Gasteiger partial charge in [-0.2, -0.15) is 13.2 Å². The van der Waals surface area contributed by atoms with Crippen molar-refractivity contribution in [3.05, 3.63) is 24.3 Å². The van der Waals surface area contributed by atoms with Crippen LogP contribution < -0.4 is 11.1 Å². The Hall–Kier alpha value is -1.28. The van der Waals surface area contributed by atoms with Crippen molar-refractivity contribution in [1.29, 1.82) is 0 Å². The fourth-order valence-electron chi connectivity index (χ4n) is 1.57. The van der Waals surface area contributed by atoms with E-state index >= 15 is 0 Å². The number of halogens is 3. The minimum Gasteiger partial charge on any atom is -0.384 e. The topological polar surface area (TPSA) is 72.2 Å². The van der Waals surface area contributed by atoms with Crippen LogP contribution in [0.5, 0.6) is 0 Å². The summed E-state index contributed by atoms with van der Waals surface area (Å²) in [5.41, 5.74) is 0.315. The SMILES string of the molecule is CCC(N)CCNc1ccccc1S(=O)(=O)C(F)(F)F. The molecule has 1 unspecified atom stereocenters. The van der Waals surface area contributed by atoms with Crippen LogP contribution in [-0.2, 0) is 9.84 Å². The number of anilines is 1. The number of hydrogen-bond donors (Lipinski definition) is 2. The third-order valence-corrected chi connectivity index (χ3v) is 4.38. The summed E-state index contributed by atoms with van der Waals surface area (Å²) < 4.78 is 60.6. The molecule has 0 spiro atoms. The molecule has 3 N–H and O–H groups in total. The number of alkyl halides is 3. The number of sulfone groups is 1. The number of para-hydroxylation sites is 1. The van der Waals surface area contributed by atoms with Crippen molar-refractivity contribution in [3.8, 4) is 0 Å². The molecule has 8 heteroatoms. The lowest BCUT2D eigenvalue weighted by Gasteiger charge is -2.15. The van der Waals surface area contributed by atoms with E-state index in [4.69, 9.17) is 5.73 Å². The normalized spacial score (nSPS) is 14.1. The van der Waals surface area contributed by atoms with Crippen LogP contribution in [0.4, 0.5) is 18.9 Å². The van der Waals surface area contributed by atoms with Crippen LogP contribution in [0.15, 0.2) is 29.2 Å². The van der Waals surface area contributed by atoms with Crippen molar-refractivity contribution >= 4 is 15.5 Å². The summed E-state index contributed by atoms with van der Waals surface area (Å²) in [7, 11) is -5.36. The van der Waals surface area contributed by atoms with Gasteiger partial charge in [-0.3, -0.25) is 0 Å². The van der Waals surface area contributed by atoms with Gasteiger partial charge in [-0.25, -0.2) is 8.42 Å². The van der Waals surface area contributed by atoms with Gasteiger partial charge in [-0.1, -0.05) is 19.1 Å². The molecule has 0 aliphatic rings. The molecule has 0 heterocycles. The van der Waals surface area contributed by atoms with Crippen LogP contribution in [0.3, 0.4) is 0 Å². The maximum atomic E-state index is 12.6. The first-order valence-corrected chi connectivity index (χ1v) is 7.58. The molecule has 0 aliphatic heterocycles. The lowest BCUT2D eigenvalue weighted by molar-refractivity contribution is -0.0435. The van der Waals surface area contributed by atoms with Crippen LogP contribution in [0.2, 0.25) is 0 Å². The van der Waals surface area contributed by atoms with E-state index in [2.05, 4.69) is 5.32 Å². The molecule has 0 fully saturated rings. The molecule has 0 saturated heterocycles. The molecule has 20 heavy (non-hydrogen) atoms. The molecule has 0 aliphatic carbocycles. The minimum atomic E-state index is -5.36. The third-order valence-electron chi connectivity index (χ3n) is 2.84. The molecule has 1 atom stereocenters. The highest BCUT2D eigenvalue weighted by atomic mass is 32.2. The summed E-state index contributed by atoms with van der Waals surface area (Å²) in [6, 6.07) is 4.88. The van der Waals surface area contributed by atoms with Crippen molar-refractivity contribution < 1.29 is 21.6 Å². The van der Waals surface area contributed by atoms with Crippen molar-refractivity contribution in [3.63, 3.8) is 0 Å². The van der Waals surface area contributed by atoms with Crippen molar-refractivity contribution in [2.75, 3.05) is 11.9 Å². The van der Waals surface area contributed by atoms with E-state index in [1.807, 2.05) is 6.92 Å². The molecule has 114 valence electrons. The van der Waals surface area contributed by atoms with E-state index in [0.717, 1.165) is 12.5 Å². The monoisotopic (exact) mass is 310 g/mol. The molecule has 1 rings (SSSR count). The highest BCUT2D eigenvalue weighted by molar-refractivity contribution is 7.92. The van der Waals surface area contributed by atoms with Gasteiger partial charge in [0.05, 0.1) is 10.6 Å². The zero-order valence-corrected chi connectivity index (χ0v) is 11.8. The second-order valence-corrected chi connectivity index (χ2v) is 6.24. The van der Waals surface area contributed by atoms with Gasteiger partial charge in [-0.05, 0) is 25.0 Å². The average Bonchev–Trinajstić information content (AvgIpc) is 2.37. The van der Waals surface area contributed by atoms with Crippen LogP contribution >= 0.6 is 0 Å². The van der Waals surface area contributed by atoms with Crippen molar-refractivity contribution in [1.82, 2.24) is 0 Å². The summed E-state index contributed by atoms with van der Waals surface area (Å²) >= 11 is 0. The van der Waals surface area contributed by atoms with E-state index in [9.17, 15) is 21.6 Å². The van der Waals surface area contributed by atoms with Crippen LogP contribution in [0.1, 0.15) is 19.8 Å². The van der Waals surface area contributed by atoms with Gasteiger partial charge in [0.15, 0.2) is 0 Å². The van der Waals surface area contributed by atoms with Gasteiger partial charge in [-0.15, -0.1) is 0 Å². The summed E-state index contributed by atoms with van der Waals surface area (Å²) in [5, 5.41) is 2.70. The Labute approximate surface area is 116 Å². The number of hydrogen-bond acceptors (Lipinski definition) is 4. The second kappa shape index (κ2) is 6.45. The van der Waals surface area contributed by atoms with Gasteiger partial charge in [0.25, 0.3) is 9.84 Å². The summed E-state index contributed by atoms with van der Waals surface area (Å²) in [6.45, 7) is 2.20. The number of rotatable bonds is 6. The molecule has 1 aromatic rings. The largest absolute Gasteiger partial charge is 0.501 e. The minimum absolute atomic E-state index is 0.0619. The fraction of sp³-hybridized carbons (Fsp3) is 0.500. The Balaban J connectivity index is 2.95. The predicted molar refractivity (Wildman–Crippen MR) is 71.1 cm³/mol. The predicted octanol–water partition coefficient (Wildman–Crippen LogP) is 2.52. The van der Waals surface area contributed by atoms with E-state index in [0.29, 0.717) is 13.0 Å². The third kappa shape index (κ3) is 3.86. The van der Waals surface area contributed by atoms with Crippen LogP contribution in [0.25, 0.3) is 0 Å². The van der Waals surface area contributed by atoms with Gasteiger partial charge in [0, 0.05) is 12.6 Å². The molecule has 4 nitrogen and oxygen atoms in total. The first kappa shape index (κ1) is 16.8.